The van der Waals surface area contributed by atoms with Gasteiger partial charge in [-0.15, -0.1) is 0 Å². The van der Waals surface area contributed by atoms with Gasteiger partial charge in [-0.05, 0) is 13.8 Å². The number of ketones is 1. The van der Waals surface area contributed by atoms with Gasteiger partial charge in [0.2, 0.25) is 11.4 Å². The Labute approximate surface area is 124 Å². The molecule has 1 aliphatic carbocycles. The number of methoxy groups -OCH3 is 2. The maximum absolute atomic E-state index is 12.5. The zero-order valence-electron chi connectivity index (χ0n) is 12.8. The molecule has 0 saturated heterocycles. The predicted molar refractivity (Wildman–Crippen MR) is 78.3 cm³/mol. The van der Waals surface area contributed by atoms with Crippen molar-refractivity contribution >= 4 is 11.8 Å². The first kappa shape index (κ1) is 16.8. The maximum Gasteiger partial charge on any atom is 0.331 e. The number of rotatable bonds is 6. The fraction of sp³-hybridized carbons (Fsp3) is 0.375. The van der Waals surface area contributed by atoms with Crippen LogP contribution in [0.4, 0.5) is 0 Å². The lowest BCUT2D eigenvalue weighted by atomic mass is 9.86. The van der Waals surface area contributed by atoms with Crippen molar-refractivity contribution in [1.29, 1.82) is 0 Å². The Morgan fingerprint density at radius 2 is 1.95 bits per heavy atom. The summed E-state index contributed by atoms with van der Waals surface area (Å²) in [7, 11) is 2.86. The number of ether oxygens (including phenoxy) is 3. The van der Waals surface area contributed by atoms with Gasteiger partial charge in [-0.2, -0.15) is 0 Å². The molecule has 1 unspecified atom stereocenters. The maximum atomic E-state index is 12.5. The summed E-state index contributed by atoms with van der Waals surface area (Å²) in [5.74, 6) is -0.534. The van der Waals surface area contributed by atoms with Crippen LogP contribution in [0.5, 0.6) is 0 Å². The standard InChI is InChI=1S/C16H20O5/c1-6-15(18)21-16(8-7-11(2)3)13(17)9-12(19-4)10-14(16)20-5/h6-7,9-10H,1,8H2,2-5H3. The predicted octanol–water partition coefficient (Wildman–Crippen LogP) is 2.45. The highest BCUT2D eigenvalue weighted by Gasteiger charge is 2.47. The summed E-state index contributed by atoms with van der Waals surface area (Å²) < 4.78 is 15.7. The van der Waals surface area contributed by atoms with Gasteiger partial charge in [0.1, 0.15) is 5.76 Å². The van der Waals surface area contributed by atoms with Gasteiger partial charge in [-0.3, -0.25) is 4.79 Å². The molecule has 0 saturated carbocycles. The molecule has 5 heteroatoms. The number of hydrogen-bond donors (Lipinski definition) is 0. The molecular formula is C16H20O5. The first-order valence-corrected chi connectivity index (χ1v) is 6.44. The quantitative estimate of drug-likeness (QED) is 0.427. The molecule has 1 aliphatic rings. The minimum absolute atomic E-state index is 0.181. The topological polar surface area (TPSA) is 61.8 Å². The number of carbonyl (C=O) groups is 2. The molecule has 5 nitrogen and oxygen atoms in total. The Balaban J connectivity index is 3.33. The van der Waals surface area contributed by atoms with Crippen molar-refractivity contribution in [3.63, 3.8) is 0 Å². The summed E-state index contributed by atoms with van der Waals surface area (Å²) >= 11 is 0. The van der Waals surface area contributed by atoms with Crippen molar-refractivity contribution in [3.05, 3.63) is 48.0 Å². The molecule has 0 aromatic heterocycles. The van der Waals surface area contributed by atoms with Gasteiger partial charge in [0.15, 0.2) is 5.76 Å². The normalized spacial score (nSPS) is 20.9. The van der Waals surface area contributed by atoms with E-state index < -0.39 is 17.4 Å². The van der Waals surface area contributed by atoms with Crippen LogP contribution in [-0.2, 0) is 23.8 Å². The van der Waals surface area contributed by atoms with E-state index in [1.165, 1.54) is 26.4 Å². The number of carbonyl (C=O) groups excluding carboxylic acids is 2. The second-order valence-corrected chi connectivity index (χ2v) is 4.77. The molecule has 0 amide bonds. The largest absolute Gasteiger partial charge is 0.496 e. The van der Waals surface area contributed by atoms with Gasteiger partial charge >= 0.3 is 5.97 Å². The van der Waals surface area contributed by atoms with Gasteiger partial charge in [0.05, 0.1) is 14.2 Å². The fourth-order valence-corrected chi connectivity index (χ4v) is 1.90. The van der Waals surface area contributed by atoms with Crippen molar-refractivity contribution < 1.29 is 23.8 Å². The zero-order chi connectivity index (χ0) is 16.0. The van der Waals surface area contributed by atoms with Crippen LogP contribution >= 0.6 is 0 Å². The van der Waals surface area contributed by atoms with E-state index in [-0.39, 0.29) is 12.2 Å². The molecule has 1 atom stereocenters. The third-order valence-electron chi connectivity index (χ3n) is 3.04. The van der Waals surface area contributed by atoms with E-state index in [1.807, 2.05) is 19.9 Å². The Bertz CT molecular complexity index is 535. The van der Waals surface area contributed by atoms with Crippen LogP contribution in [0.2, 0.25) is 0 Å². The first-order valence-electron chi connectivity index (χ1n) is 6.44. The smallest absolute Gasteiger partial charge is 0.331 e. The highest BCUT2D eigenvalue weighted by Crippen LogP contribution is 2.34. The SMILES string of the molecule is C=CC(=O)OC1(CC=C(C)C)C(=O)C=C(OC)C=C1OC. The minimum Gasteiger partial charge on any atom is -0.496 e. The van der Waals surface area contributed by atoms with Gasteiger partial charge in [-0.1, -0.05) is 18.2 Å². The third kappa shape index (κ3) is 3.62. The molecule has 0 bridgehead atoms. The Hall–Kier alpha value is -2.30. The molecular weight excluding hydrogens is 272 g/mol. The lowest BCUT2D eigenvalue weighted by Gasteiger charge is -2.33. The van der Waals surface area contributed by atoms with Crippen LogP contribution in [-0.4, -0.2) is 31.6 Å². The molecule has 0 N–H and O–H groups in total. The minimum atomic E-state index is -1.51. The number of hydrogen-bond acceptors (Lipinski definition) is 5. The van der Waals surface area contributed by atoms with Crippen LogP contribution in [0.25, 0.3) is 0 Å². The lowest BCUT2D eigenvalue weighted by molar-refractivity contribution is -0.160. The van der Waals surface area contributed by atoms with E-state index >= 15 is 0 Å². The first-order chi connectivity index (χ1) is 9.89. The molecule has 21 heavy (non-hydrogen) atoms. The molecule has 114 valence electrons. The molecule has 0 aromatic rings. The second kappa shape index (κ2) is 6.92. The average molecular weight is 292 g/mol. The lowest BCUT2D eigenvalue weighted by Crippen LogP contribution is -2.46. The highest BCUT2D eigenvalue weighted by molar-refractivity contribution is 6.03. The highest BCUT2D eigenvalue weighted by atomic mass is 16.6. The summed E-state index contributed by atoms with van der Waals surface area (Å²) in [4.78, 5) is 24.1. The van der Waals surface area contributed by atoms with Crippen LogP contribution in [0.15, 0.2) is 48.0 Å². The van der Waals surface area contributed by atoms with E-state index in [9.17, 15) is 9.59 Å². The molecule has 0 aromatic carbocycles. The van der Waals surface area contributed by atoms with Gasteiger partial charge in [0, 0.05) is 24.6 Å². The number of esters is 1. The average Bonchev–Trinajstić information content (AvgIpc) is 2.46. The molecule has 1 rings (SSSR count). The Morgan fingerprint density at radius 1 is 1.29 bits per heavy atom. The van der Waals surface area contributed by atoms with E-state index in [1.54, 1.807) is 0 Å². The number of allylic oxidation sites excluding steroid dienone is 2. The molecule has 0 aliphatic heterocycles. The van der Waals surface area contributed by atoms with Gasteiger partial charge < -0.3 is 14.2 Å². The van der Waals surface area contributed by atoms with Gasteiger partial charge in [-0.25, -0.2) is 4.79 Å². The second-order valence-electron chi connectivity index (χ2n) is 4.77. The van der Waals surface area contributed by atoms with E-state index in [4.69, 9.17) is 14.2 Å². The summed E-state index contributed by atoms with van der Waals surface area (Å²) in [5, 5.41) is 0. The Kier molecular flexibility index (Phi) is 5.52. The summed E-state index contributed by atoms with van der Waals surface area (Å²) in [5.41, 5.74) is -0.520. The van der Waals surface area contributed by atoms with Gasteiger partial charge in [0.25, 0.3) is 0 Å². The molecule has 0 heterocycles. The van der Waals surface area contributed by atoms with Crippen LogP contribution in [0, 0.1) is 0 Å². The van der Waals surface area contributed by atoms with Crippen molar-refractivity contribution in [1.82, 2.24) is 0 Å². The van der Waals surface area contributed by atoms with E-state index in [2.05, 4.69) is 6.58 Å². The van der Waals surface area contributed by atoms with Crippen molar-refractivity contribution in [2.24, 2.45) is 0 Å². The van der Waals surface area contributed by atoms with Crippen LogP contribution in [0.1, 0.15) is 20.3 Å². The summed E-state index contributed by atoms with van der Waals surface area (Å²) in [6.07, 6.45) is 5.84. The van der Waals surface area contributed by atoms with Crippen LogP contribution < -0.4 is 0 Å². The van der Waals surface area contributed by atoms with Crippen molar-refractivity contribution in [3.8, 4) is 0 Å². The molecule has 0 fully saturated rings. The zero-order valence-corrected chi connectivity index (χ0v) is 12.8. The van der Waals surface area contributed by atoms with E-state index in [0.717, 1.165) is 11.6 Å². The Morgan fingerprint density at radius 3 is 2.43 bits per heavy atom. The monoisotopic (exact) mass is 292 g/mol. The van der Waals surface area contributed by atoms with Crippen molar-refractivity contribution in [2.45, 2.75) is 25.9 Å². The summed E-state index contributed by atoms with van der Waals surface area (Å²) in [6.45, 7) is 7.14. The fourth-order valence-electron chi connectivity index (χ4n) is 1.90. The molecule has 0 radical (unpaired) electrons. The summed E-state index contributed by atoms with van der Waals surface area (Å²) in [6, 6.07) is 0. The van der Waals surface area contributed by atoms with Crippen LogP contribution in [0.3, 0.4) is 0 Å². The van der Waals surface area contributed by atoms with E-state index in [0.29, 0.717) is 5.76 Å². The molecule has 0 spiro atoms. The third-order valence-corrected chi connectivity index (χ3v) is 3.04. The van der Waals surface area contributed by atoms with Crippen molar-refractivity contribution in [2.75, 3.05) is 14.2 Å².